The third-order valence-electron chi connectivity index (χ3n) is 2.33. The van der Waals surface area contributed by atoms with Gasteiger partial charge < -0.3 is 9.52 Å². The summed E-state index contributed by atoms with van der Waals surface area (Å²) in [6.45, 7) is 0. The molecule has 0 saturated carbocycles. The highest BCUT2D eigenvalue weighted by atomic mass is 16.4. The maximum absolute atomic E-state index is 10.6. The van der Waals surface area contributed by atoms with E-state index in [2.05, 4.69) is 5.32 Å². The van der Waals surface area contributed by atoms with Gasteiger partial charge in [0.25, 0.3) is 0 Å². The van der Waals surface area contributed by atoms with Crippen LogP contribution in [-0.4, -0.2) is 17.1 Å². The summed E-state index contributed by atoms with van der Waals surface area (Å²) in [5.41, 5.74) is 0. The van der Waals surface area contributed by atoms with Crippen LogP contribution < -0.4 is 5.32 Å². The topological polar surface area (TPSA) is 62.5 Å². The molecule has 0 unspecified atom stereocenters. The van der Waals surface area contributed by atoms with Gasteiger partial charge in [-0.1, -0.05) is 0 Å². The Morgan fingerprint density at radius 2 is 2.46 bits per heavy atom. The predicted octanol–water partition coefficient (Wildman–Crippen LogP) is 1.16. The fraction of sp³-hybridized carbons (Fsp3) is 0.444. The van der Waals surface area contributed by atoms with Crippen LogP contribution in [0.5, 0.6) is 0 Å². The summed E-state index contributed by atoms with van der Waals surface area (Å²) in [7, 11) is 0. The number of carboxylic acids is 1. The molecule has 2 atom stereocenters. The van der Waals surface area contributed by atoms with Crippen molar-refractivity contribution in [2.24, 2.45) is 0 Å². The van der Waals surface area contributed by atoms with Crippen molar-refractivity contribution in [3.05, 3.63) is 24.2 Å². The minimum atomic E-state index is -0.783. The van der Waals surface area contributed by atoms with E-state index in [-0.39, 0.29) is 6.04 Å². The maximum atomic E-state index is 10.6. The lowest BCUT2D eigenvalue weighted by Gasteiger charge is -2.08. The Balaban J connectivity index is 2.03. The van der Waals surface area contributed by atoms with Crippen molar-refractivity contribution >= 4 is 5.97 Å². The molecule has 2 rings (SSSR count). The Hall–Kier alpha value is -1.29. The van der Waals surface area contributed by atoms with Crippen molar-refractivity contribution in [1.82, 2.24) is 5.32 Å². The quantitative estimate of drug-likeness (QED) is 0.718. The highest BCUT2D eigenvalue weighted by molar-refractivity contribution is 5.73. The minimum absolute atomic E-state index is 0.0658. The number of hydrogen-bond donors (Lipinski definition) is 2. The van der Waals surface area contributed by atoms with Gasteiger partial charge in [-0.25, -0.2) is 0 Å². The Bertz CT molecular complexity index is 294. The molecule has 2 heterocycles. The highest BCUT2D eigenvalue weighted by Gasteiger charge is 2.30. The molecule has 0 spiro atoms. The van der Waals surface area contributed by atoms with Crippen LogP contribution in [0.2, 0.25) is 0 Å². The zero-order valence-corrected chi connectivity index (χ0v) is 7.06. The van der Waals surface area contributed by atoms with E-state index in [0.717, 1.165) is 12.2 Å². The Morgan fingerprint density at radius 3 is 3.00 bits per heavy atom. The second kappa shape index (κ2) is 3.22. The lowest BCUT2D eigenvalue weighted by Crippen LogP contribution is -2.31. The molecule has 1 aliphatic heterocycles. The number of rotatable bonds is 2. The number of hydrogen-bond acceptors (Lipinski definition) is 3. The molecule has 0 amide bonds. The molecule has 1 saturated heterocycles. The zero-order chi connectivity index (χ0) is 9.26. The molecule has 0 aromatic carbocycles. The summed E-state index contributed by atoms with van der Waals surface area (Å²) >= 11 is 0. The van der Waals surface area contributed by atoms with Gasteiger partial charge in [0.05, 0.1) is 12.3 Å². The van der Waals surface area contributed by atoms with E-state index in [1.807, 2.05) is 12.1 Å². The summed E-state index contributed by atoms with van der Waals surface area (Å²) in [5, 5.41) is 11.7. The number of furan rings is 1. The van der Waals surface area contributed by atoms with Crippen LogP contribution in [0.1, 0.15) is 24.6 Å². The van der Waals surface area contributed by atoms with Crippen LogP contribution in [0.25, 0.3) is 0 Å². The van der Waals surface area contributed by atoms with Gasteiger partial charge in [-0.3, -0.25) is 10.1 Å². The van der Waals surface area contributed by atoms with Crippen LogP contribution in [0.15, 0.2) is 22.8 Å². The van der Waals surface area contributed by atoms with Crippen LogP contribution in [0, 0.1) is 0 Å². The lowest BCUT2D eigenvalue weighted by atomic mass is 10.1. The standard InChI is InChI=1S/C9H11NO3/c11-9(12)7-4-3-6(10-7)8-2-1-5-13-8/h1-2,5-7,10H,3-4H2,(H,11,12)/t6-,7-/m0/s1. The van der Waals surface area contributed by atoms with Gasteiger partial charge in [0.2, 0.25) is 0 Å². The second-order valence-electron chi connectivity index (χ2n) is 3.20. The van der Waals surface area contributed by atoms with Crippen LogP contribution in [0.4, 0.5) is 0 Å². The summed E-state index contributed by atoms with van der Waals surface area (Å²) in [6, 6.07) is 3.32. The third-order valence-corrected chi connectivity index (χ3v) is 2.33. The zero-order valence-electron chi connectivity index (χ0n) is 7.06. The predicted molar refractivity (Wildman–Crippen MR) is 45.2 cm³/mol. The van der Waals surface area contributed by atoms with Crippen LogP contribution in [-0.2, 0) is 4.79 Å². The molecule has 0 aliphatic carbocycles. The van der Waals surface area contributed by atoms with E-state index < -0.39 is 12.0 Å². The van der Waals surface area contributed by atoms with Crippen molar-refractivity contribution in [2.75, 3.05) is 0 Å². The van der Waals surface area contributed by atoms with Gasteiger partial charge in [0.15, 0.2) is 0 Å². The van der Waals surface area contributed by atoms with E-state index in [4.69, 9.17) is 9.52 Å². The van der Waals surface area contributed by atoms with Crippen molar-refractivity contribution in [3.63, 3.8) is 0 Å². The van der Waals surface area contributed by atoms with Crippen molar-refractivity contribution in [3.8, 4) is 0 Å². The second-order valence-corrected chi connectivity index (χ2v) is 3.20. The molecule has 2 N–H and O–H groups in total. The number of nitrogens with one attached hydrogen (secondary N) is 1. The Labute approximate surface area is 75.6 Å². The van der Waals surface area contributed by atoms with E-state index in [9.17, 15) is 4.79 Å². The van der Waals surface area contributed by atoms with E-state index in [1.165, 1.54) is 0 Å². The summed E-state index contributed by atoms with van der Waals surface area (Å²) < 4.78 is 5.19. The average molecular weight is 181 g/mol. The smallest absolute Gasteiger partial charge is 0.320 e. The molecule has 1 aliphatic rings. The fourth-order valence-electron chi connectivity index (χ4n) is 1.65. The summed E-state index contributed by atoms with van der Waals surface area (Å²) in [5.74, 6) is 0.0396. The average Bonchev–Trinajstić information content (AvgIpc) is 2.75. The number of carbonyl (C=O) groups is 1. The maximum Gasteiger partial charge on any atom is 0.320 e. The lowest BCUT2D eigenvalue weighted by molar-refractivity contribution is -0.139. The third kappa shape index (κ3) is 1.58. The molecule has 70 valence electrons. The molecule has 1 fully saturated rings. The van der Waals surface area contributed by atoms with Gasteiger partial charge >= 0.3 is 5.97 Å². The van der Waals surface area contributed by atoms with Gasteiger partial charge in [-0.05, 0) is 25.0 Å². The van der Waals surface area contributed by atoms with E-state index >= 15 is 0 Å². The molecule has 13 heavy (non-hydrogen) atoms. The number of carboxylic acid groups (broad SMARTS) is 1. The highest BCUT2D eigenvalue weighted by Crippen LogP contribution is 2.26. The first-order valence-electron chi connectivity index (χ1n) is 4.29. The molecule has 1 aromatic rings. The molecule has 0 radical (unpaired) electrons. The first kappa shape index (κ1) is 8.31. The van der Waals surface area contributed by atoms with Crippen molar-refractivity contribution in [2.45, 2.75) is 24.9 Å². The normalized spacial score (nSPS) is 27.7. The van der Waals surface area contributed by atoms with Crippen LogP contribution >= 0.6 is 0 Å². The largest absolute Gasteiger partial charge is 0.480 e. The van der Waals surface area contributed by atoms with Crippen LogP contribution in [0.3, 0.4) is 0 Å². The first-order valence-corrected chi connectivity index (χ1v) is 4.29. The molecular formula is C9H11NO3. The van der Waals surface area contributed by atoms with Crippen molar-refractivity contribution in [1.29, 1.82) is 0 Å². The van der Waals surface area contributed by atoms with E-state index in [1.54, 1.807) is 6.26 Å². The summed E-state index contributed by atoms with van der Waals surface area (Å²) in [4.78, 5) is 10.6. The van der Waals surface area contributed by atoms with Crippen molar-refractivity contribution < 1.29 is 14.3 Å². The molecule has 1 aromatic heterocycles. The first-order chi connectivity index (χ1) is 6.27. The molecule has 4 nitrogen and oxygen atoms in total. The monoisotopic (exact) mass is 181 g/mol. The minimum Gasteiger partial charge on any atom is -0.480 e. The Morgan fingerprint density at radius 1 is 1.62 bits per heavy atom. The fourth-order valence-corrected chi connectivity index (χ4v) is 1.65. The van der Waals surface area contributed by atoms with Gasteiger partial charge in [-0.2, -0.15) is 0 Å². The van der Waals surface area contributed by atoms with E-state index in [0.29, 0.717) is 6.42 Å². The molecule has 0 bridgehead atoms. The molecule has 4 heteroatoms. The SMILES string of the molecule is O=C(O)[C@@H]1CC[C@@H](c2ccco2)N1. The van der Waals surface area contributed by atoms with Gasteiger partial charge in [0.1, 0.15) is 11.8 Å². The summed E-state index contributed by atoms with van der Waals surface area (Å²) in [6.07, 6.45) is 3.09. The Kier molecular flexibility index (Phi) is 2.06. The van der Waals surface area contributed by atoms with Gasteiger partial charge in [0, 0.05) is 0 Å². The number of aliphatic carboxylic acids is 1. The van der Waals surface area contributed by atoms with Gasteiger partial charge in [-0.15, -0.1) is 0 Å². The molecular weight excluding hydrogens is 170 g/mol.